The van der Waals surface area contributed by atoms with E-state index in [0.29, 0.717) is 17.2 Å². The predicted molar refractivity (Wildman–Crippen MR) is 117 cm³/mol. The molecule has 1 N–H and O–H groups in total. The number of nitrogens with zero attached hydrogens (tertiary/aromatic N) is 5. The molecule has 1 unspecified atom stereocenters. The van der Waals surface area contributed by atoms with Gasteiger partial charge in [-0.05, 0) is 50.7 Å². The topological polar surface area (TPSA) is 93.0 Å². The zero-order chi connectivity index (χ0) is 21.4. The van der Waals surface area contributed by atoms with Crippen LogP contribution in [-0.4, -0.2) is 43.0 Å². The van der Waals surface area contributed by atoms with Crippen molar-refractivity contribution in [3.63, 3.8) is 0 Å². The summed E-state index contributed by atoms with van der Waals surface area (Å²) in [6.07, 6.45) is 9.13. The number of carbonyl (C=O) groups is 2. The average molecular weight is 437 g/mol. The van der Waals surface area contributed by atoms with Crippen LogP contribution in [0.5, 0.6) is 0 Å². The summed E-state index contributed by atoms with van der Waals surface area (Å²) in [5, 5.41) is 9.73. The fraction of sp³-hybridized carbons (Fsp3) is 0.409. The zero-order valence-electron chi connectivity index (χ0n) is 17.4. The van der Waals surface area contributed by atoms with Gasteiger partial charge in [0.1, 0.15) is 5.69 Å². The molecule has 0 bridgehead atoms. The van der Waals surface area contributed by atoms with Gasteiger partial charge in [0.05, 0.1) is 23.0 Å². The molecule has 0 radical (unpaired) electrons. The lowest BCUT2D eigenvalue weighted by molar-refractivity contribution is 0.0720. The van der Waals surface area contributed by atoms with Crippen molar-refractivity contribution in [3.8, 4) is 0 Å². The molecule has 160 valence electrons. The fourth-order valence-corrected chi connectivity index (χ4v) is 5.12. The number of likely N-dealkylation sites (tertiary alicyclic amines) is 1. The van der Waals surface area contributed by atoms with E-state index in [1.54, 1.807) is 23.1 Å². The molecule has 0 saturated carbocycles. The summed E-state index contributed by atoms with van der Waals surface area (Å²) in [6.45, 7) is 0.706. The maximum atomic E-state index is 13.5. The summed E-state index contributed by atoms with van der Waals surface area (Å²) in [4.78, 5) is 36.4. The van der Waals surface area contributed by atoms with Crippen LogP contribution in [0.1, 0.15) is 69.5 Å². The van der Waals surface area contributed by atoms with Crippen LogP contribution in [0, 0.1) is 0 Å². The molecule has 2 aliphatic rings. The van der Waals surface area contributed by atoms with E-state index in [9.17, 15) is 9.59 Å². The van der Waals surface area contributed by atoms with Crippen LogP contribution >= 0.6 is 11.3 Å². The molecule has 0 aromatic carbocycles. The van der Waals surface area contributed by atoms with Crippen LogP contribution in [0.25, 0.3) is 0 Å². The number of anilines is 1. The van der Waals surface area contributed by atoms with Gasteiger partial charge < -0.3 is 4.90 Å². The van der Waals surface area contributed by atoms with Gasteiger partial charge >= 0.3 is 0 Å². The molecule has 1 aliphatic carbocycles. The number of rotatable bonds is 4. The number of hydrogen-bond donors (Lipinski definition) is 1. The van der Waals surface area contributed by atoms with Gasteiger partial charge in [-0.25, -0.2) is 4.98 Å². The second kappa shape index (κ2) is 8.22. The molecule has 1 aliphatic heterocycles. The van der Waals surface area contributed by atoms with Crippen molar-refractivity contribution in [1.82, 2.24) is 24.6 Å². The van der Waals surface area contributed by atoms with Crippen LogP contribution in [0.15, 0.2) is 29.9 Å². The van der Waals surface area contributed by atoms with Crippen molar-refractivity contribution in [2.75, 3.05) is 11.9 Å². The van der Waals surface area contributed by atoms with Crippen molar-refractivity contribution in [2.24, 2.45) is 7.05 Å². The summed E-state index contributed by atoms with van der Waals surface area (Å²) >= 11 is 1.37. The van der Waals surface area contributed by atoms with Crippen molar-refractivity contribution in [1.29, 1.82) is 0 Å². The number of hydrogen-bond acceptors (Lipinski definition) is 6. The van der Waals surface area contributed by atoms with Gasteiger partial charge in [0.25, 0.3) is 11.8 Å². The fourth-order valence-electron chi connectivity index (χ4n) is 4.59. The smallest absolute Gasteiger partial charge is 0.272 e. The summed E-state index contributed by atoms with van der Waals surface area (Å²) in [5.74, 6) is -0.206. The largest absolute Gasteiger partial charge is 0.329 e. The van der Waals surface area contributed by atoms with E-state index in [2.05, 4.69) is 20.4 Å². The van der Waals surface area contributed by atoms with Crippen molar-refractivity contribution in [3.05, 3.63) is 58.1 Å². The van der Waals surface area contributed by atoms with Gasteiger partial charge in [0, 0.05) is 36.9 Å². The molecule has 1 saturated heterocycles. The van der Waals surface area contributed by atoms with Gasteiger partial charge in [-0.15, -0.1) is 11.3 Å². The molecular formula is C22H24N6O2S. The van der Waals surface area contributed by atoms with E-state index >= 15 is 0 Å². The molecule has 3 aromatic heterocycles. The summed E-state index contributed by atoms with van der Waals surface area (Å²) in [6, 6.07) is 3.53. The minimum atomic E-state index is -0.241. The Labute approximate surface area is 184 Å². The molecule has 4 heterocycles. The van der Waals surface area contributed by atoms with Crippen molar-refractivity contribution >= 4 is 28.3 Å². The Morgan fingerprint density at radius 3 is 2.81 bits per heavy atom. The third kappa shape index (κ3) is 3.74. The third-order valence-corrected chi connectivity index (χ3v) is 6.77. The zero-order valence-corrected chi connectivity index (χ0v) is 18.2. The number of aryl methyl sites for hydroxylation is 2. The molecular weight excluding hydrogens is 412 g/mol. The normalized spacial score (nSPS) is 18.1. The summed E-state index contributed by atoms with van der Waals surface area (Å²) < 4.78 is 1.76. The van der Waals surface area contributed by atoms with Crippen LogP contribution in [0.4, 0.5) is 5.13 Å². The molecule has 1 fully saturated rings. The highest BCUT2D eigenvalue weighted by Gasteiger charge is 2.35. The first-order chi connectivity index (χ1) is 15.1. The molecule has 3 aromatic rings. The number of pyridine rings is 1. The molecule has 1 atom stereocenters. The highest BCUT2D eigenvalue weighted by atomic mass is 32.1. The molecule has 31 heavy (non-hydrogen) atoms. The van der Waals surface area contributed by atoms with E-state index in [1.165, 1.54) is 11.3 Å². The molecule has 9 heteroatoms. The number of amides is 2. The van der Waals surface area contributed by atoms with Gasteiger partial charge in [0.2, 0.25) is 0 Å². The van der Waals surface area contributed by atoms with E-state index in [0.717, 1.165) is 61.2 Å². The van der Waals surface area contributed by atoms with Crippen molar-refractivity contribution < 1.29 is 9.59 Å². The number of nitrogens with one attached hydrogen (secondary N) is 1. The lowest BCUT2D eigenvalue weighted by Crippen LogP contribution is -2.33. The maximum Gasteiger partial charge on any atom is 0.272 e. The van der Waals surface area contributed by atoms with Gasteiger partial charge in [-0.3, -0.25) is 24.6 Å². The Bertz CT molecular complexity index is 1110. The SMILES string of the molecule is Cn1nc2c(c1C(=O)N1CCCC1c1ccc(C(=O)Nc3nccs3)cn1)CCCC2. The Morgan fingerprint density at radius 1 is 1.16 bits per heavy atom. The van der Waals surface area contributed by atoms with Crippen LogP contribution in [0.2, 0.25) is 0 Å². The first-order valence-electron chi connectivity index (χ1n) is 10.6. The van der Waals surface area contributed by atoms with Crippen molar-refractivity contribution in [2.45, 2.75) is 44.6 Å². The van der Waals surface area contributed by atoms with E-state index in [1.807, 2.05) is 23.4 Å². The number of carbonyl (C=O) groups excluding carboxylic acids is 2. The van der Waals surface area contributed by atoms with Crippen LogP contribution in [-0.2, 0) is 19.9 Å². The lowest BCUT2D eigenvalue weighted by Gasteiger charge is -2.25. The number of aromatic nitrogens is 4. The number of thiazole rings is 1. The van der Waals surface area contributed by atoms with E-state index in [-0.39, 0.29) is 17.9 Å². The second-order valence-electron chi connectivity index (χ2n) is 8.02. The minimum absolute atomic E-state index is 0.0352. The quantitative estimate of drug-likeness (QED) is 0.677. The Kier molecular flexibility index (Phi) is 5.27. The summed E-state index contributed by atoms with van der Waals surface area (Å²) in [5.41, 5.74) is 4.19. The second-order valence-corrected chi connectivity index (χ2v) is 8.92. The molecule has 0 spiro atoms. The van der Waals surface area contributed by atoms with Crippen LogP contribution < -0.4 is 5.32 Å². The molecule has 8 nitrogen and oxygen atoms in total. The molecule has 5 rings (SSSR count). The standard InChI is InChI=1S/C22H24N6O2S/c1-27-19(15-5-2-3-6-16(15)26-27)21(30)28-11-4-7-18(28)17-9-8-14(13-24-17)20(29)25-22-23-10-12-31-22/h8-10,12-13,18H,2-7,11H2,1H3,(H,23,25,29). The van der Waals surface area contributed by atoms with Crippen LogP contribution in [0.3, 0.4) is 0 Å². The van der Waals surface area contributed by atoms with E-state index in [4.69, 9.17) is 0 Å². The summed E-state index contributed by atoms with van der Waals surface area (Å²) in [7, 11) is 1.87. The lowest BCUT2D eigenvalue weighted by atomic mass is 9.95. The monoisotopic (exact) mass is 436 g/mol. The highest BCUT2D eigenvalue weighted by molar-refractivity contribution is 7.13. The number of fused-ring (bicyclic) bond motifs is 1. The van der Waals surface area contributed by atoms with Gasteiger partial charge in [-0.1, -0.05) is 0 Å². The van der Waals surface area contributed by atoms with Gasteiger partial charge in [0.15, 0.2) is 5.13 Å². The molecule has 2 amide bonds. The highest BCUT2D eigenvalue weighted by Crippen LogP contribution is 2.34. The Balaban J connectivity index is 1.35. The van der Waals surface area contributed by atoms with E-state index < -0.39 is 0 Å². The minimum Gasteiger partial charge on any atom is -0.329 e. The van der Waals surface area contributed by atoms with Gasteiger partial charge in [-0.2, -0.15) is 5.10 Å². The Hall–Kier alpha value is -3.07. The first-order valence-corrected chi connectivity index (χ1v) is 11.5. The average Bonchev–Trinajstić information content (AvgIpc) is 3.53. The third-order valence-electron chi connectivity index (χ3n) is 6.08. The predicted octanol–water partition coefficient (Wildman–Crippen LogP) is 3.38. The maximum absolute atomic E-state index is 13.5. The first kappa shape index (κ1) is 19.9. The Morgan fingerprint density at radius 2 is 2.03 bits per heavy atom.